The normalized spacial score (nSPS) is 24.9. The second-order valence-electron chi connectivity index (χ2n) is 11.4. The van der Waals surface area contributed by atoms with Gasteiger partial charge in [-0.25, -0.2) is 0 Å². The third-order valence-electron chi connectivity index (χ3n) is 6.56. The van der Waals surface area contributed by atoms with Crippen LogP contribution in [0.1, 0.15) is 78.4 Å². The first kappa shape index (κ1) is 25.2. The van der Waals surface area contributed by atoms with Gasteiger partial charge in [-0.15, -0.1) is 0 Å². The standard InChI is InChI=1S/C29H40N2O2/c1-19-15-21(27(33)23(16-19)29(5,6)7)18-31-25-14-9-8-13-24(25)30-17-20-11-10-12-22(26(20)32)28(2,3)4/h10-12,15-18,24-25,27,32-33H,1,8-9,13-14H2,2-7H3/t24-,25-,27?/m1/s1. The summed E-state index contributed by atoms with van der Waals surface area (Å²) in [5.74, 6) is 0.306. The van der Waals surface area contributed by atoms with Crippen molar-refractivity contribution in [1.29, 1.82) is 0 Å². The fourth-order valence-electron chi connectivity index (χ4n) is 4.60. The molecule has 1 aromatic rings. The van der Waals surface area contributed by atoms with E-state index in [9.17, 15) is 10.2 Å². The monoisotopic (exact) mass is 448 g/mol. The number of hydrogen-bond donors (Lipinski definition) is 2. The summed E-state index contributed by atoms with van der Waals surface area (Å²) in [5, 5.41) is 21.7. The highest BCUT2D eigenvalue weighted by atomic mass is 16.3. The number of aliphatic imine (C=N–C) groups is 2. The molecule has 0 saturated heterocycles. The molecule has 2 N–H and O–H groups in total. The number of phenols is 1. The number of allylic oxidation sites excluding steroid dienone is 3. The average Bonchev–Trinajstić information content (AvgIpc) is 2.72. The second-order valence-corrected chi connectivity index (χ2v) is 11.4. The van der Waals surface area contributed by atoms with Crippen LogP contribution >= 0.6 is 0 Å². The summed E-state index contributed by atoms with van der Waals surface area (Å²) >= 11 is 0. The molecule has 0 radical (unpaired) electrons. The van der Waals surface area contributed by atoms with Gasteiger partial charge in [0.05, 0.1) is 12.1 Å². The predicted molar refractivity (Wildman–Crippen MR) is 140 cm³/mol. The van der Waals surface area contributed by atoms with Gasteiger partial charge in [-0.1, -0.05) is 79.2 Å². The molecule has 0 spiro atoms. The molecule has 1 fully saturated rings. The van der Waals surface area contributed by atoms with E-state index < -0.39 is 6.10 Å². The third kappa shape index (κ3) is 6.11. The SMILES string of the molecule is C=C1C=C(C=N[C@@H]2CCCC[C@H]2N=Cc2cccc(C(C)(C)C)c2O)C(O)C(C(C)(C)C)=C1. The zero-order valence-corrected chi connectivity index (χ0v) is 21.1. The Morgan fingerprint density at radius 1 is 0.909 bits per heavy atom. The molecule has 1 saturated carbocycles. The first-order valence-corrected chi connectivity index (χ1v) is 12.1. The molecule has 1 aromatic carbocycles. The minimum atomic E-state index is -0.665. The average molecular weight is 449 g/mol. The van der Waals surface area contributed by atoms with Crippen LogP contribution in [-0.4, -0.2) is 40.8 Å². The van der Waals surface area contributed by atoms with Crippen LogP contribution in [0.2, 0.25) is 0 Å². The minimum absolute atomic E-state index is 0.0632. The molecule has 0 aromatic heterocycles. The van der Waals surface area contributed by atoms with Crippen molar-refractivity contribution in [2.24, 2.45) is 15.4 Å². The number of benzene rings is 1. The van der Waals surface area contributed by atoms with Gasteiger partial charge in [0.2, 0.25) is 0 Å². The number of rotatable bonds is 4. The Bertz CT molecular complexity index is 999. The zero-order chi connectivity index (χ0) is 24.4. The summed E-state index contributed by atoms with van der Waals surface area (Å²) in [6.45, 7) is 16.7. The van der Waals surface area contributed by atoms with Crippen molar-refractivity contribution in [2.45, 2.75) is 90.8 Å². The molecule has 0 bridgehead atoms. The van der Waals surface area contributed by atoms with E-state index in [1.165, 1.54) is 0 Å². The number of hydrogen-bond acceptors (Lipinski definition) is 4. The van der Waals surface area contributed by atoms with Crippen LogP contribution < -0.4 is 0 Å². The molecule has 0 heterocycles. The lowest BCUT2D eigenvalue weighted by molar-refractivity contribution is 0.222. The number of aliphatic hydroxyl groups is 1. The molecule has 2 aliphatic rings. The first-order chi connectivity index (χ1) is 15.4. The maximum absolute atomic E-state index is 10.9. The molecule has 0 aliphatic heterocycles. The highest BCUT2D eigenvalue weighted by Crippen LogP contribution is 2.35. The number of para-hydroxylation sites is 1. The van der Waals surface area contributed by atoms with Gasteiger partial charge in [-0.3, -0.25) is 9.98 Å². The largest absolute Gasteiger partial charge is 0.507 e. The maximum Gasteiger partial charge on any atom is 0.128 e. The summed E-state index contributed by atoms with van der Waals surface area (Å²) in [6, 6.07) is 5.98. The Hall–Kier alpha value is -2.46. The number of phenolic OH excluding ortho intramolecular Hbond substituents is 1. The zero-order valence-electron chi connectivity index (χ0n) is 21.1. The van der Waals surface area contributed by atoms with Crippen LogP contribution in [0.3, 0.4) is 0 Å². The molecule has 4 nitrogen and oxygen atoms in total. The van der Waals surface area contributed by atoms with Crippen molar-refractivity contribution in [1.82, 2.24) is 0 Å². The maximum atomic E-state index is 10.9. The van der Waals surface area contributed by atoms with Crippen LogP contribution in [0.15, 0.2) is 63.6 Å². The van der Waals surface area contributed by atoms with E-state index in [2.05, 4.69) is 48.1 Å². The molecule has 33 heavy (non-hydrogen) atoms. The number of nitrogens with zero attached hydrogens (tertiary/aromatic N) is 2. The lowest BCUT2D eigenvalue weighted by Gasteiger charge is -2.31. The Balaban J connectivity index is 1.79. The van der Waals surface area contributed by atoms with E-state index in [-0.39, 0.29) is 22.9 Å². The second kappa shape index (κ2) is 9.80. The van der Waals surface area contributed by atoms with Gasteiger partial charge in [0.15, 0.2) is 0 Å². The van der Waals surface area contributed by atoms with Crippen molar-refractivity contribution < 1.29 is 10.2 Å². The van der Waals surface area contributed by atoms with E-state index in [0.717, 1.165) is 53.5 Å². The molecule has 4 heteroatoms. The van der Waals surface area contributed by atoms with Gasteiger partial charge in [-0.2, -0.15) is 0 Å². The van der Waals surface area contributed by atoms with Gasteiger partial charge in [0.25, 0.3) is 0 Å². The number of aromatic hydroxyl groups is 1. The number of aliphatic hydroxyl groups excluding tert-OH is 1. The fourth-order valence-corrected chi connectivity index (χ4v) is 4.60. The molecule has 1 unspecified atom stereocenters. The first-order valence-electron chi connectivity index (χ1n) is 12.1. The summed E-state index contributed by atoms with van der Waals surface area (Å²) in [7, 11) is 0. The van der Waals surface area contributed by atoms with Gasteiger partial charge in [0.1, 0.15) is 11.9 Å². The highest BCUT2D eigenvalue weighted by molar-refractivity contribution is 5.85. The van der Waals surface area contributed by atoms with Gasteiger partial charge in [-0.05, 0) is 52.5 Å². The smallest absolute Gasteiger partial charge is 0.128 e. The van der Waals surface area contributed by atoms with Crippen molar-refractivity contribution in [3.63, 3.8) is 0 Å². The quantitative estimate of drug-likeness (QED) is 0.529. The van der Waals surface area contributed by atoms with Crippen LogP contribution in [-0.2, 0) is 5.41 Å². The summed E-state index contributed by atoms with van der Waals surface area (Å²) < 4.78 is 0. The van der Waals surface area contributed by atoms with Crippen molar-refractivity contribution in [3.05, 3.63) is 64.8 Å². The van der Waals surface area contributed by atoms with Crippen LogP contribution in [0.4, 0.5) is 0 Å². The van der Waals surface area contributed by atoms with Crippen molar-refractivity contribution in [2.75, 3.05) is 0 Å². The Kier molecular flexibility index (Phi) is 7.48. The Morgan fingerprint density at radius 3 is 2.09 bits per heavy atom. The molecule has 3 rings (SSSR count). The van der Waals surface area contributed by atoms with E-state index in [1.54, 1.807) is 6.21 Å². The van der Waals surface area contributed by atoms with Crippen molar-refractivity contribution in [3.8, 4) is 5.75 Å². The van der Waals surface area contributed by atoms with Gasteiger partial charge < -0.3 is 10.2 Å². The molecular weight excluding hydrogens is 408 g/mol. The van der Waals surface area contributed by atoms with Crippen molar-refractivity contribution >= 4 is 12.4 Å². The molecule has 2 aliphatic carbocycles. The van der Waals surface area contributed by atoms with Crippen LogP contribution in [0.5, 0.6) is 5.75 Å². The minimum Gasteiger partial charge on any atom is -0.507 e. The lowest BCUT2D eigenvalue weighted by Crippen LogP contribution is -2.29. The summed E-state index contributed by atoms with van der Waals surface area (Å²) in [6.07, 6.45) is 11.1. The van der Waals surface area contributed by atoms with E-state index in [4.69, 9.17) is 9.98 Å². The third-order valence-corrected chi connectivity index (χ3v) is 6.56. The lowest BCUT2D eigenvalue weighted by atomic mass is 9.77. The van der Waals surface area contributed by atoms with Crippen LogP contribution in [0, 0.1) is 5.41 Å². The van der Waals surface area contributed by atoms with Gasteiger partial charge >= 0.3 is 0 Å². The van der Waals surface area contributed by atoms with E-state index in [1.807, 2.05) is 36.6 Å². The van der Waals surface area contributed by atoms with E-state index >= 15 is 0 Å². The topological polar surface area (TPSA) is 65.2 Å². The molecule has 178 valence electrons. The molecule has 3 atom stereocenters. The fraction of sp³-hybridized carbons (Fsp3) is 0.517. The molecule has 0 amide bonds. The Morgan fingerprint density at radius 2 is 1.52 bits per heavy atom. The summed E-state index contributed by atoms with van der Waals surface area (Å²) in [4.78, 5) is 9.74. The highest BCUT2D eigenvalue weighted by Gasteiger charge is 2.29. The van der Waals surface area contributed by atoms with Crippen LogP contribution in [0.25, 0.3) is 0 Å². The summed E-state index contributed by atoms with van der Waals surface area (Å²) in [5.41, 5.74) is 4.03. The predicted octanol–water partition coefficient (Wildman–Crippen LogP) is 6.32. The Labute approximate surface area is 199 Å². The van der Waals surface area contributed by atoms with E-state index in [0.29, 0.717) is 5.75 Å². The van der Waals surface area contributed by atoms with Gasteiger partial charge in [0, 0.05) is 23.6 Å². The molecular formula is C29H40N2O2.